The summed E-state index contributed by atoms with van der Waals surface area (Å²) in [5, 5.41) is 0. The van der Waals surface area contributed by atoms with Crippen molar-refractivity contribution in [3.63, 3.8) is 0 Å². The lowest BCUT2D eigenvalue weighted by Gasteiger charge is -2.35. The smallest absolute Gasteiger partial charge is 0.0920 e. The van der Waals surface area contributed by atoms with Gasteiger partial charge in [0.1, 0.15) is 7.28 Å². The second-order valence-corrected chi connectivity index (χ2v) is 5.53. The predicted molar refractivity (Wildman–Crippen MR) is 70.6 cm³/mol. The van der Waals surface area contributed by atoms with E-state index in [0.717, 1.165) is 17.8 Å². The molecule has 1 radical (unpaired) electrons. The highest BCUT2D eigenvalue weighted by Crippen LogP contribution is 2.39. The van der Waals surface area contributed by atoms with E-state index in [4.69, 9.17) is 0 Å². The molecule has 0 aromatic rings. The normalized spacial score (nSPS) is 31.5. The van der Waals surface area contributed by atoms with Gasteiger partial charge >= 0.3 is 0 Å². The van der Waals surface area contributed by atoms with Crippen LogP contribution in [-0.4, -0.2) is 7.28 Å². The molecule has 0 amide bonds. The van der Waals surface area contributed by atoms with Gasteiger partial charge in [-0.1, -0.05) is 52.7 Å². The van der Waals surface area contributed by atoms with Crippen LogP contribution in [0.1, 0.15) is 58.8 Å². The van der Waals surface area contributed by atoms with Gasteiger partial charge in [0.25, 0.3) is 0 Å². The van der Waals surface area contributed by atoms with Gasteiger partial charge in [-0.05, 0) is 37.0 Å². The van der Waals surface area contributed by atoms with Gasteiger partial charge in [-0.2, -0.15) is 0 Å². The van der Waals surface area contributed by atoms with E-state index in [1.165, 1.54) is 51.3 Å². The van der Waals surface area contributed by atoms with Gasteiger partial charge in [0.2, 0.25) is 0 Å². The van der Waals surface area contributed by atoms with Gasteiger partial charge in [-0.15, -0.1) is 0 Å². The van der Waals surface area contributed by atoms with E-state index in [1.807, 2.05) is 0 Å². The molecular weight excluding hydrogens is 179 g/mol. The quantitative estimate of drug-likeness (QED) is 0.549. The SMILES string of the molecule is C[B]CC1CC(CCC)C[C@H](CCC)C1. The Labute approximate surface area is 97.5 Å². The van der Waals surface area contributed by atoms with E-state index in [-0.39, 0.29) is 0 Å². The van der Waals surface area contributed by atoms with Crippen LogP contribution in [0.5, 0.6) is 0 Å². The summed E-state index contributed by atoms with van der Waals surface area (Å²) >= 11 is 0. The molecule has 0 N–H and O–H groups in total. The van der Waals surface area contributed by atoms with Crippen molar-refractivity contribution in [2.45, 2.75) is 71.9 Å². The van der Waals surface area contributed by atoms with E-state index in [1.54, 1.807) is 0 Å². The Hall–Kier alpha value is 0.0649. The number of rotatable bonds is 6. The topological polar surface area (TPSA) is 0 Å². The standard InChI is InChI=1S/C14H28B/c1-4-6-12-8-13(7-5-2)10-14(9-12)11-15-3/h12-14H,4-11H2,1-3H3/t12-,13?,14?/m0/s1. The molecule has 0 nitrogen and oxygen atoms in total. The second-order valence-electron chi connectivity index (χ2n) is 5.53. The molecule has 1 rings (SSSR count). The molecule has 1 fully saturated rings. The Balaban J connectivity index is 2.40. The van der Waals surface area contributed by atoms with Gasteiger partial charge < -0.3 is 0 Å². The maximum atomic E-state index is 2.38. The van der Waals surface area contributed by atoms with E-state index in [9.17, 15) is 0 Å². The van der Waals surface area contributed by atoms with Crippen LogP contribution in [0.3, 0.4) is 0 Å². The molecule has 1 saturated carbocycles. The van der Waals surface area contributed by atoms with Crippen LogP contribution in [0.4, 0.5) is 0 Å². The molecule has 0 heterocycles. The molecule has 2 unspecified atom stereocenters. The van der Waals surface area contributed by atoms with Crippen LogP contribution in [-0.2, 0) is 0 Å². The molecule has 1 aliphatic carbocycles. The van der Waals surface area contributed by atoms with Crippen molar-refractivity contribution in [1.82, 2.24) is 0 Å². The van der Waals surface area contributed by atoms with Crippen molar-refractivity contribution in [2.24, 2.45) is 17.8 Å². The molecule has 0 aromatic heterocycles. The largest absolute Gasteiger partial charge is 0.106 e. The second kappa shape index (κ2) is 7.36. The Morgan fingerprint density at radius 2 is 1.33 bits per heavy atom. The monoisotopic (exact) mass is 207 g/mol. The lowest BCUT2D eigenvalue weighted by molar-refractivity contribution is 0.188. The molecule has 0 bridgehead atoms. The minimum Gasteiger partial charge on any atom is -0.0920 e. The van der Waals surface area contributed by atoms with Crippen LogP contribution >= 0.6 is 0 Å². The highest BCUT2D eigenvalue weighted by molar-refractivity contribution is 6.33. The zero-order valence-electron chi connectivity index (χ0n) is 11.0. The van der Waals surface area contributed by atoms with Crippen molar-refractivity contribution >= 4 is 7.28 Å². The minimum absolute atomic E-state index is 1.01. The maximum Gasteiger partial charge on any atom is 0.106 e. The molecule has 1 aliphatic rings. The van der Waals surface area contributed by atoms with Crippen molar-refractivity contribution in [1.29, 1.82) is 0 Å². The summed E-state index contributed by atoms with van der Waals surface area (Å²) < 4.78 is 0. The van der Waals surface area contributed by atoms with Crippen LogP contribution < -0.4 is 0 Å². The van der Waals surface area contributed by atoms with Crippen LogP contribution in [0.25, 0.3) is 0 Å². The van der Waals surface area contributed by atoms with Crippen molar-refractivity contribution < 1.29 is 0 Å². The molecule has 15 heavy (non-hydrogen) atoms. The zero-order valence-corrected chi connectivity index (χ0v) is 11.0. The predicted octanol–water partition coefficient (Wildman–Crippen LogP) is 4.79. The lowest BCUT2D eigenvalue weighted by atomic mass is 9.63. The maximum absolute atomic E-state index is 2.38. The molecule has 1 heteroatoms. The molecular formula is C14H28B. The molecule has 0 aliphatic heterocycles. The average Bonchev–Trinajstić information content (AvgIpc) is 2.19. The van der Waals surface area contributed by atoms with Gasteiger partial charge in [0, 0.05) is 0 Å². The summed E-state index contributed by atoms with van der Waals surface area (Å²) in [6.07, 6.45) is 11.6. The summed E-state index contributed by atoms with van der Waals surface area (Å²) in [6.45, 7) is 6.90. The summed E-state index contributed by atoms with van der Waals surface area (Å²) in [4.78, 5) is 0. The summed E-state index contributed by atoms with van der Waals surface area (Å²) in [7, 11) is 2.38. The third kappa shape index (κ3) is 4.61. The summed E-state index contributed by atoms with van der Waals surface area (Å²) in [5.41, 5.74) is 0. The molecule has 0 aromatic carbocycles. The minimum atomic E-state index is 1.01. The highest BCUT2D eigenvalue weighted by Gasteiger charge is 2.27. The summed E-state index contributed by atoms with van der Waals surface area (Å²) in [5.74, 6) is 3.10. The van der Waals surface area contributed by atoms with Crippen molar-refractivity contribution in [2.75, 3.05) is 0 Å². The number of hydrogen-bond acceptors (Lipinski definition) is 0. The van der Waals surface area contributed by atoms with E-state index in [2.05, 4.69) is 28.0 Å². The van der Waals surface area contributed by atoms with Gasteiger partial charge in [0.15, 0.2) is 0 Å². The fourth-order valence-corrected chi connectivity index (χ4v) is 3.52. The van der Waals surface area contributed by atoms with Crippen molar-refractivity contribution in [3.8, 4) is 0 Å². The Morgan fingerprint density at radius 1 is 0.867 bits per heavy atom. The summed E-state index contributed by atoms with van der Waals surface area (Å²) in [6, 6.07) is 0. The fraction of sp³-hybridized carbons (Fsp3) is 1.00. The van der Waals surface area contributed by atoms with Gasteiger partial charge in [-0.3, -0.25) is 0 Å². The first-order valence-electron chi connectivity index (χ1n) is 7.07. The third-order valence-electron chi connectivity index (χ3n) is 3.96. The Morgan fingerprint density at radius 3 is 1.73 bits per heavy atom. The van der Waals surface area contributed by atoms with Gasteiger partial charge in [0.05, 0.1) is 0 Å². The van der Waals surface area contributed by atoms with Crippen LogP contribution in [0.15, 0.2) is 0 Å². The van der Waals surface area contributed by atoms with Gasteiger partial charge in [-0.25, -0.2) is 0 Å². The lowest BCUT2D eigenvalue weighted by Crippen LogP contribution is -2.23. The third-order valence-corrected chi connectivity index (χ3v) is 3.96. The zero-order chi connectivity index (χ0) is 11.1. The first-order chi connectivity index (χ1) is 7.30. The van der Waals surface area contributed by atoms with Crippen molar-refractivity contribution in [3.05, 3.63) is 0 Å². The Kier molecular flexibility index (Phi) is 6.44. The molecule has 87 valence electrons. The van der Waals surface area contributed by atoms with Crippen LogP contribution in [0, 0.1) is 17.8 Å². The first kappa shape index (κ1) is 13.1. The Bertz CT molecular complexity index is 121. The first-order valence-corrected chi connectivity index (χ1v) is 7.07. The van der Waals surface area contributed by atoms with Crippen LogP contribution in [0.2, 0.25) is 13.1 Å². The van der Waals surface area contributed by atoms with E-state index in [0.29, 0.717) is 0 Å². The highest BCUT2D eigenvalue weighted by atomic mass is 14.3. The van der Waals surface area contributed by atoms with E-state index >= 15 is 0 Å². The molecule has 0 spiro atoms. The average molecular weight is 207 g/mol. The molecule has 0 saturated heterocycles. The fourth-order valence-electron chi connectivity index (χ4n) is 3.52. The van der Waals surface area contributed by atoms with E-state index < -0.39 is 0 Å². The molecule has 3 atom stereocenters. The number of hydrogen-bond donors (Lipinski definition) is 0.